The van der Waals surface area contributed by atoms with Gasteiger partial charge in [0.15, 0.2) is 0 Å². The molecule has 1 heterocycles. The van der Waals surface area contributed by atoms with E-state index in [1.165, 1.54) is 0 Å². The van der Waals surface area contributed by atoms with Gasteiger partial charge in [0.2, 0.25) is 0 Å². The number of nitrogens with two attached hydrogens (primary N) is 1. The maximum atomic E-state index is 12.5. The summed E-state index contributed by atoms with van der Waals surface area (Å²) in [6, 6.07) is 9.47. The Morgan fingerprint density at radius 2 is 1.91 bits per heavy atom. The summed E-state index contributed by atoms with van der Waals surface area (Å²) in [7, 11) is 1.55. The molecule has 0 radical (unpaired) electrons. The smallest absolute Gasteiger partial charge is 0.269 e. The van der Waals surface area contributed by atoms with Crippen LogP contribution in [0.25, 0.3) is 11.1 Å². The molecule has 2 aromatic rings. The van der Waals surface area contributed by atoms with Gasteiger partial charge in [-0.15, -0.1) is 0 Å². The Morgan fingerprint density at radius 1 is 1.27 bits per heavy atom. The second-order valence-corrected chi connectivity index (χ2v) is 4.90. The van der Waals surface area contributed by atoms with E-state index in [0.29, 0.717) is 11.3 Å². The number of aliphatic hydroxyl groups is 1. The molecule has 0 saturated carbocycles. The number of benzene rings is 1. The number of halogens is 1. The van der Waals surface area contributed by atoms with Gasteiger partial charge >= 0.3 is 0 Å². The predicted octanol–water partition coefficient (Wildman–Crippen LogP) is 1.44. The zero-order valence-electron chi connectivity index (χ0n) is 12.2. The van der Waals surface area contributed by atoms with Crippen molar-refractivity contribution >= 4 is 5.91 Å². The fraction of sp³-hybridized carbons (Fsp3) is 0.250. The summed E-state index contributed by atoms with van der Waals surface area (Å²) >= 11 is 0. The van der Waals surface area contributed by atoms with Gasteiger partial charge in [-0.3, -0.25) is 9.78 Å². The Kier molecular flexibility index (Phi) is 5.19. The van der Waals surface area contributed by atoms with E-state index in [-0.39, 0.29) is 5.91 Å². The van der Waals surface area contributed by atoms with E-state index in [4.69, 9.17) is 5.73 Å². The fourth-order valence-electron chi connectivity index (χ4n) is 2.03. The molecule has 0 fully saturated rings. The van der Waals surface area contributed by atoms with Crippen molar-refractivity contribution in [1.29, 1.82) is 0 Å². The van der Waals surface area contributed by atoms with Crippen LogP contribution in [0.4, 0.5) is 4.39 Å². The van der Waals surface area contributed by atoms with Crippen LogP contribution < -0.4 is 11.1 Å². The van der Waals surface area contributed by atoms with E-state index in [1.54, 1.807) is 49.6 Å². The first-order chi connectivity index (χ1) is 10.6. The molecule has 1 aromatic heterocycles. The van der Waals surface area contributed by atoms with Gasteiger partial charge in [0.05, 0.1) is 12.1 Å². The van der Waals surface area contributed by atoms with Gasteiger partial charge in [0, 0.05) is 18.8 Å². The third-order valence-corrected chi connectivity index (χ3v) is 3.39. The van der Waals surface area contributed by atoms with E-state index in [9.17, 15) is 14.3 Å². The highest BCUT2D eigenvalue weighted by Gasteiger charge is 2.16. The van der Waals surface area contributed by atoms with Crippen molar-refractivity contribution in [2.24, 2.45) is 5.73 Å². The monoisotopic (exact) mass is 303 g/mol. The molecule has 0 aliphatic carbocycles. The molecule has 0 bridgehead atoms. The number of aromatic nitrogens is 1. The second-order valence-electron chi connectivity index (χ2n) is 4.90. The highest BCUT2D eigenvalue weighted by atomic mass is 19.1. The van der Waals surface area contributed by atoms with Crippen molar-refractivity contribution in [3.8, 4) is 11.1 Å². The lowest BCUT2D eigenvalue weighted by Gasteiger charge is -2.16. The standard InChI is InChI=1S/C16H18FN3O2/c1-19-16(22)14-7-6-12(9-20-14)10-2-4-11(5-3-10)15(21)13(18)8-17/h2-7,9,13,15,21H,8,18H2,1H3,(H,19,22)/t13-,15-/m1/s1. The SMILES string of the molecule is CNC(=O)c1ccc(-c2ccc([C@@H](O)[C@H](N)CF)cc2)cn1. The third kappa shape index (κ3) is 3.47. The molecule has 0 spiro atoms. The molecule has 0 saturated heterocycles. The summed E-state index contributed by atoms with van der Waals surface area (Å²) in [6.07, 6.45) is 0.566. The number of rotatable bonds is 5. The van der Waals surface area contributed by atoms with Gasteiger partial charge < -0.3 is 16.2 Å². The lowest BCUT2D eigenvalue weighted by Crippen LogP contribution is -2.30. The molecule has 2 rings (SSSR count). The van der Waals surface area contributed by atoms with E-state index in [1.807, 2.05) is 0 Å². The van der Waals surface area contributed by atoms with E-state index in [0.717, 1.165) is 11.1 Å². The Bertz CT molecular complexity index is 629. The van der Waals surface area contributed by atoms with Crippen LogP contribution in [0.3, 0.4) is 0 Å². The first kappa shape index (κ1) is 16.1. The zero-order valence-corrected chi connectivity index (χ0v) is 12.2. The molecule has 1 aromatic carbocycles. The number of alkyl halides is 1. The van der Waals surface area contributed by atoms with E-state index >= 15 is 0 Å². The topological polar surface area (TPSA) is 88.2 Å². The Labute approximate surface area is 128 Å². The average molecular weight is 303 g/mol. The van der Waals surface area contributed by atoms with Crippen LogP contribution in [-0.2, 0) is 0 Å². The molecule has 4 N–H and O–H groups in total. The number of nitrogens with one attached hydrogen (secondary N) is 1. The zero-order chi connectivity index (χ0) is 16.1. The van der Waals surface area contributed by atoms with Crippen LogP contribution in [0.5, 0.6) is 0 Å². The maximum Gasteiger partial charge on any atom is 0.269 e. The lowest BCUT2D eigenvalue weighted by atomic mass is 10.00. The van der Waals surface area contributed by atoms with Crippen LogP contribution in [0.1, 0.15) is 22.2 Å². The molecule has 22 heavy (non-hydrogen) atoms. The van der Waals surface area contributed by atoms with Crippen molar-refractivity contribution < 1.29 is 14.3 Å². The second kappa shape index (κ2) is 7.11. The maximum absolute atomic E-state index is 12.5. The Morgan fingerprint density at radius 3 is 2.41 bits per heavy atom. The molecule has 0 aliphatic heterocycles. The quantitative estimate of drug-likeness (QED) is 0.780. The number of amides is 1. The fourth-order valence-corrected chi connectivity index (χ4v) is 2.03. The van der Waals surface area contributed by atoms with E-state index in [2.05, 4.69) is 10.3 Å². The van der Waals surface area contributed by atoms with Crippen molar-refractivity contribution in [2.45, 2.75) is 12.1 Å². The van der Waals surface area contributed by atoms with Crippen LogP contribution >= 0.6 is 0 Å². The van der Waals surface area contributed by atoms with Gasteiger partial charge in [-0.2, -0.15) is 0 Å². The minimum Gasteiger partial charge on any atom is -0.387 e. The van der Waals surface area contributed by atoms with Crippen LogP contribution in [-0.4, -0.2) is 35.8 Å². The number of pyridine rings is 1. The molecule has 6 heteroatoms. The minimum absolute atomic E-state index is 0.245. The van der Waals surface area contributed by atoms with Crippen molar-refractivity contribution in [1.82, 2.24) is 10.3 Å². The molecule has 2 atom stereocenters. The summed E-state index contributed by atoms with van der Waals surface area (Å²) in [6.45, 7) is -0.784. The van der Waals surface area contributed by atoms with Crippen LogP contribution in [0, 0.1) is 0 Å². The largest absolute Gasteiger partial charge is 0.387 e. The summed E-state index contributed by atoms with van der Waals surface area (Å²) in [5, 5.41) is 12.4. The van der Waals surface area contributed by atoms with Gasteiger partial charge in [-0.05, 0) is 17.2 Å². The molecule has 116 valence electrons. The number of hydrogen-bond acceptors (Lipinski definition) is 4. The summed E-state index contributed by atoms with van der Waals surface area (Å²) in [5.41, 5.74) is 8.09. The summed E-state index contributed by atoms with van der Waals surface area (Å²) in [4.78, 5) is 15.5. The Hall–Kier alpha value is -2.31. The number of aliphatic hydroxyl groups excluding tert-OH is 1. The first-order valence-corrected chi connectivity index (χ1v) is 6.85. The third-order valence-electron chi connectivity index (χ3n) is 3.39. The lowest BCUT2D eigenvalue weighted by molar-refractivity contribution is 0.0958. The number of nitrogens with zero attached hydrogens (tertiary/aromatic N) is 1. The van der Waals surface area contributed by atoms with Gasteiger partial charge in [-0.1, -0.05) is 30.3 Å². The summed E-state index contributed by atoms with van der Waals surface area (Å²) in [5.74, 6) is -0.245. The van der Waals surface area contributed by atoms with Crippen LogP contribution in [0.2, 0.25) is 0 Å². The molecular formula is C16H18FN3O2. The highest BCUT2D eigenvalue weighted by molar-refractivity contribution is 5.92. The number of hydrogen-bond donors (Lipinski definition) is 3. The van der Waals surface area contributed by atoms with Crippen molar-refractivity contribution in [3.63, 3.8) is 0 Å². The van der Waals surface area contributed by atoms with Crippen molar-refractivity contribution in [3.05, 3.63) is 53.9 Å². The molecule has 5 nitrogen and oxygen atoms in total. The summed E-state index contributed by atoms with van der Waals surface area (Å²) < 4.78 is 12.5. The van der Waals surface area contributed by atoms with Crippen molar-refractivity contribution in [2.75, 3.05) is 13.7 Å². The van der Waals surface area contributed by atoms with E-state index < -0.39 is 18.8 Å². The normalized spacial score (nSPS) is 13.5. The number of carbonyl (C=O) groups excluding carboxylic acids is 1. The molecule has 0 unspecified atom stereocenters. The first-order valence-electron chi connectivity index (χ1n) is 6.85. The predicted molar refractivity (Wildman–Crippen MR) is 82.0 cm³/mol. The molecule has 1 amide bonds. The van der Waals surface area contributed by atoms with Gasteiger partial charge in [0.25, 0.3) is 5.91 Å². The number of carbonyl (C=O) groups is 1. The molecular weight excluding hydrogens is 285 g/mol. The van der Waals surface area contributed by atoms with Gasteiger partial charge in [-0.25, -0.2) is 4.39 Å². The van der Waals surface area contributed by atoms with Gasteiger partial charge in [0.1, 0.15) is 12.4 Å². The average Bonchev–Trinajstić information content (AvgIpc) is 2.60. The minimum atomic E-state index is -1.03. The van der Waals surface area contributed by atoms with Crippen LogP contribution in [0.15, 0.2) is 42.6 Å². The Balaban J connectivity index is 2.18. The highest BCUT2D eigenvalue weighted by Crippen LogP contribution is 2.23. The molecule has 0 aliphatic rings.